The summed E-state index contributed by atoms with van der Waals surface area (Å²) in [6.45, 7) is 11.6. The minimum atomic E-state index is -0.861. The third-order valence-corrected chi connectivity index (χ3v) is 25.0. The van der Waals surface area contributed by atoms with Crippen LogP contribution in [0.3, 0.4) is 0 Å². The Bertz CT molecular complexity index is 5200. The Morgan fingerprint density at radius 3 is 0.730 bits per heavy atom. The van der Waals surface area contributed by atoms with E-state index >= 15 is 0 Å². The van der Waals surface area contributed by atoms with Crippen LogP contribution >= 0.6 is 0 Å². The number of rotatable bonds is 68. The summed E-state index contributed by atoms with van der Waals surface area (Å²) in [7, 11) is 9.93. The van der Waals surface area contributed by atoms with E-state index in [0.29, 0.717) is 61.8 Å². The molecule has 9 rings (SSSR count). The van der Waals surface area contributed by atoms with E-state index in [1.807, 2.05) is 89.5 Å². The van der Waals surface area contributed by atoms with E-state index in [0.717, 1.165) is 85.5 Å². The zero-order chi connectivity index (χ0) is 101. The first-order valence-electron chi connectivity index (χ1n) is 50.7. The van der Waals surface area contributed by atoms with Crippen molar-refractivity contribution in [3.05, 3.63) is 247 Å². The van der Waals surface area contributed by atoms with Crippen LogP contribution in [0.15, 0.2) is 231 Å². The molecule has 754 valence electrons. The number of benzene rings is 9. The summed E-state index contributed by atoms with van der Waals surface area (Å²) in [5, 5.41) is 68.3. The summed E-state index contributed by atoms with van der Waals surface area (Å²) in [5.74, 6) is -2.40. The number of nitrogens with zero attached hydrogens (tertiary/aromatic N) is 15. The number of ether oxygens (including phenoxy) is 3. The van der Waals surface area contributed by atoms with E-state index in [9.17, 15) is 54.3 Å². The van der Waals surface area contributed by atoms with Crippen molar-refractivity contribution < 1.29 is 53.0 Å². The van der Waals surface area contributed by atoms with Gasteiger partial charge in [-0.15, -0.1) is 15.3 Å². The quantitative estimate of drug-likeness (QED) is 0.00893. The molecule has 9 aromatic rings. The molecular formula is C110H145N17O14. The van der Waals surface area contributed by atoms with Gasteiger partial charge in [0.2, 0.25) is 11.8 Å². The van der Waals surface area contributed by atoms with Crippen LogP contribution in [-0.4, -0.2) is 139 Å². The number of nitro benzene ring substituents is 3. The summed E-state index contributed by atoms with van der Waals surface area (Å²) >= 11 is 0. The number of hydrogen-bond donors (Lipinski definition) is 2. The van der Waals surface area contributed by atoms with Gasteiger partial charge in [0.1, 0.15) is 17.2 Å². The van der Waals surface area contributed by atoms with Crippen LogP contribution < -0.4 is 54.2 Å². The lowest BCUT2D eigenvalue weighted by molar-refractivity contribution is -0.384. The molecule has 0 unspecified atom stereocenters. The highest BCUT2D eigenvalue weighted by atomic mass is 16.6. The molecule has 0 aromatic heterocycles. The highest BCUT2D eigenvalue weighted by Gasteiger charge is 2.25. The van der Waals surface area contributed by atoms with Gasteiger partial charge in [0.15, 0.2) is 17.1 Å². The van der Waals surface area contributed by atoms with Crippen LogP contribution in [0.1, 0.15) is 270 Å². The van der Waals surface area contributed by atoms with Crippen LogP contribution in [0.25, 0.3) is 0 Å². The lowest BCUT2D eigenvalue weighted by atomic mass is 10.1. The summed E-state index contributed by atoms with van der Waals surface area (Å²) in [4.78, 5) is 115. The van der Waals surface area contributed by atoms with Crippen molar-refractivity contribution >= 4 is 115 Å². The second-order valence-corrected chi connectivity index (χ2v) is 36.2. The zero-order valence-electron chi connectivity index (χ0n) is 83.9. The lowest BCUT2D eigenvalue weighted by Gasteiger charge is -2.25. The van der Waals surface area contributed by atoms with Gasteiger partial charge in [0.05, 0.1) is 48.5 Å². The minimum Gasteiger partial charge on any atom is -0.423 e. The Morgan fingerprint density at radius 2 is 0.489 bits per heavy atom. The number of amides is 2. The van der Waals surface area contributed by atoms with Crippen molar-refractivity contribution in [1.82, 2.24) is 10.6 Å². The summed E-state index contributed by atoms with van der Waals surface area (Å²) in [6.07, 6.45) is 39.2. The summed E-state index contributed by atoms with van der Waals surface area (Å²) in [6, 6.07) is 54.2. The Balaban J connectivity index is 0.742. The van der Waals surface area contributed by atoms with Gasteiger partial charge in [-0.05, 0) is 214 Å². The van der Waals surface area contributed by atoms with Gasteiger partial charge in [-0.1, -0.05) is 194 Å². The van der Waals surface area contributed by atoms with E-state index < -0.39 is 49.7 Å². The van der Waals surface area contributed by atoms with Crippen molar-refractivity contribution in [3.8, 4) is 17.2 Å². The second-order valence-electron chi connectivity index (χ2n) is 36.2. The Hall–Kier alpha value is -13.9. The number of nitrogens with one attached hydrogen (secondary N) is 2. The van der Waals surface area contributed by atoms with Crippen molar-refractivity contribution in [1.29, 1.82) is 0 Å². The maximum Gasteiger partial charge on any atom is 0.343 e. The largest absolute Gasteiger partial charge is 0.423 e. The van der Waals surface area contributed by atoms with E-state index in [1.54, 1.807) is 84.9 Å². The molecule has 0 saturated heterocycles. The molecule has 31 heteroatoms. The van der Waals surface area contributed by atoms with E-state index in [-0.39, 0.29) is 88.7 Å². The van der Waals surface area contributed by atoms with E-state index in [2.05, 4.69) is 97.9 Å². The first kappa shape index (κ1) is 111. The molecule has 0 spiro atoms. The third-order valence-electron chi connectivity index (χ3n) is 25.0. The molecule has 2 N–H and O–H groups in total. The van der Waals surface area contributed by atoms with Crippen molar-refractivity contribution in [2.45, 2.75) is 239 Å². The molecule has 31 nitrogen and oxygen atoms in total. The number of nitro groups is 3. The van der Waals surface area contributed by atoms with E-state index in [1.165, 1.54) is 210 Å². The number of anilines is 6. The molecule has 0 atom stereocenters. The normalized spacial score (nSPS) is 11.3. The third kappa shape index (κ3) is 40.1. The Morgan fingerprint density at radius 1 is 0.270 bits per heavy atom. The average molecular weight is 1930 g/mol. The predicted octanol–water partition coefficient (Wildman–Crippen LogP) is 28.3. The molecule has 2 amide bonds. The highest BCUT2D eigenvalue weighted by molar-refractivity contribution is 5.94. The molecule has 0 radical (unpaired) electrons. The Kier molecular flexibility index (Phi) is 48.9. The van der Waals surface area contributed by atoms with Gasteiger partial charge in [0, 0.05) is 159 Å². The van der Waals surface area contributed by atoms with Gasteiger partial charge in [-0.3, -0.25) is 39.9 Å². The fourth-order valence-electron chi connectivity index (χ4n) is 16.3. The average Bonchev–Trinajstić information content (AvgIpc) is 0.828. The zero-order valence-corrected chi connectivity index (χ0v) is 83.9. The number of unbranched alkanes of at least 4 members (excludes halogenated alkanes) is 27. The number of carbonyl (C=O) groups is 5. The molecule has 0 saturated carbocycles. The fourth-order valence-corrected chi connectivity index (χ4v) is 16.3. The van der Waals surface area contributed by atoms with Crippen molar-refractivity contribution in [3.63, 3.8) is 0 Å². The molecule has 0 aliphatic heterocycles. The molecule has 0 aliphatic rings. The number of esters is 3. The smallest absolute Gasteiger partial charge is 0.343 e. The molecule has 141 heavy (non-hydrogen) atoms. The van der Waals surface area contributed by atoms with Gasteiger partial charge >= 0.3 is 17.9 Å². The molecule has 0 heterocycles. The van der Waals surface area contributed by atoms with Crippen LogP contribution in [0.5, 0.6) is 17.2 Å². The van der Waals surface area contributed by atoms with Gasteiger partial charge in [-0.2, -0.15) is 15.3 Å². The summed E-state index contributed by atoms with van der Waals surface area (Å²) < 4.78 is 17.0. The number of hydrogen-bond acceptors (Lipinski definition) is 26. The van der Waals surface area contributed by atoms with Crippen molar-refractivity contribution in [2.24, 2.45) is 30.7 Å². The van der Waals surface area contributed by atoms with Crippen LogP contribution in [-0.2, 0) is 9.59 Å². The SMILES string of the molecule is CCCCCCCCCCCCN(C)c1ccc(N=Nc2ccc(C(=O)Oc3ccc(N(C)CCCNC(=O)CCN(CCC(=O)NCCCN(C)c4ccc(OC(=O)c5ccc(N=Nc6ccc(N(C)CCCCCCCCCCCC)cc6)c([N+](=O)[O-])c5)cc4)c4ccc(OC(=O)c5ccc(N=Nc6ccc(N(C)CCCCCCCCCCCC)cc6)c([N+](=O)[O-])c5)cc4)cc3)cc2[N+](=O)[O-])cc1. The van der Waals surface area contributed by atoms with Crippen molar-refractivity contribution in [2.75, 3.05) is 124 Å². The van der Waals surface area contributed by atoms with Gasteiger partial charge in [-0.25, -0.2) is 14.4 Å². The topological polar surface area (TPSA) is 360 Å². The standard InChI is InChI=1S/C110H145N17O14/c1-9-12-15-18-21-24-27-30-33-36-75-119(4)91-50-44-88(45-51-91)113-116-100-68-41-85(82-103(100)125(133)134)108(130)139-97-62-56-94(57-63-97)122(7)78-39-73-111-106(128)71-80-124(96-60-66-99(67-61-96)141-110(132)87-43-70-102(105(84-87)127(137)138)118-115-90-48-54-93(55-49-90)121(6)77-38-35-32-29-26-23-20-17-14-11-3)81-72-107(129)112-74-40-79-123(8)95-58-64-98(65-59-95)140-109(131)86-42-69-101(104(83-86)126(135)136)117-114-89-46-52-92(53-47-89)120(5)76-37-34-31-28-25-22-19-16-13-10-2/h41-70,82-84H,9-40,71-81H2,1-8H3,(H,111,128)(H,112,129). The maximum atomic E-state index is 13.7. The minimum absolute atomic E-state index is 0.0228. The lowest BCUT2D eigenvalue weighted by Crippen LogP contribution is -2.35. The number of carbonyl (C=O) groups excluding carboxylic acids is 5. The van der Waals surface area contributed by atoms with Gasteiger partial charge < -0.3 is 54.2 Å². The molecule has 0 bridgehead atoms. The fraction of sp³-hybridized carbons (Fsp3) is 0.464. The monoisotopic (exact) mass is 1930 g/mol. The van der Waals surface area contributed by atoms with E-state index in [4.69, 9.17) is 14.2 Å². The highest BCUT2D eigenvalue weighted by Crippen LogP contribution is 2.37. The molecule has 0 aliphatic carbocycles. The Labute approximate surface area is 831 Å². The first-order valence-corrected chi connectivity index (χ1v) is 50.7. The predicted molar refractivity (Wildman–Crippen MR) is 564 cm³/mol. The van der Waals surface area contributed by atoms with Gasteiger partial charge in [0.25, 0.3) is 17.1 Å². The summed E-state index contributed by atoms with van der Waals surface area (Å²) in [5.41, 5.74) is 5.25. The molecule has 9 aromatic carbocycles. The maximum absolute atomic E-state index is 13.7. The van der Waals surface area contributed by atoms with Crippen LogP contribution in [0, 0.1) is 30.3 Å². The van der Waals surface area contributed by atoms with Crippen LogP contribution in [0.2, 0.25) is 0 Å². The first-order chi connectivity index (χ1) is 68.4. The van der Waals surface area contributed by atoms with Crippen LogP contribution in [0.4, 0.5) is 85.3 Å². The number of azo groups is 3. The molecular weight excluding hydrogens is 1780 g/mol. The second kappa shape index (κ2) is 62.2. The molecule has 0 fully saturated rings.